The van der Waals surface area contributed by atoms with E-state index in [0.717, 1.165) is 18.2 Å². The minimum absolute atomic E-state index is 0.0967. The van der Waals surface area contributed by atoms with E-state index >= 15 is 0 Å². The second-order valence-corrected chi connectivity index (χ2v) is 7.53. The first-order valence-electron chi connectivity index (χ1n) is 9.07. The predicted molar refractivity (Wildman–Crippen MR) is 99.0 cm³/mol. The lowest BCUT2D eigenvalue weighted by Gasteiger charge is -2.38. The zero-order chi connectivity index (χ0) is 21.2. The third-order valence-corrected chi connectivity index (χ3v) is 4.86. The van der Waals surface area contributed by atoms with Gasteiger partial charge >= 0.3 is 6.03 Å². The van der Waals surface area contributed by atoms with Gasteiger partial charge in [-0.3, -0.25) is 19.8 Å². The second kappa shape index (κ2) is 8.74. The Labute approximate surface area is 162 Å². The SMILES string of the molecule is CC(C)CN1C(=O)NC(=O)C(C(=O)CN(C)C(C)c2cc(F)ccc2F)C1N. The molecule has 3 unspecified atom stereocenters. The van der Waals surface area contributed by atoms with E-state index in [4.69, 9.17) is 5.73 Å². The van der Waals surface area contributed by atoms with Crippen molar-refractivity contribution in [1.82, 2.24) is 15.1 Å². The number of carbonyl (C=O) groups is 3. The van der Waals surface area contributed by atoms with Crippen LogP contribution in [0, 0.1) is 23.5 Å². The van der Waals surface area contributed by atoms with Crippen molar-refractivity contribution in [2.24, 2.45) is 17.6 Å². The number of rotatable bonds is 7. The van der Waals surface area contributed by atoms with Gasteiger partial charge in [-0.2, -0.15) is 0 Å². The first kappa shape index (κ1) is 21.9. The summed E-state index contributed by atoms with van der Waals surface area (Å²) in [5.74, 6) is -3.56. The van der Waals surface area contributed by atoms with Crippen LogP contribution in [0.15, 0.2) is 18.2 Å². The van der Waals surface area contributed by atoms with Gasteiger partial charge in [0.05, 0.1) is 6.54 Å². The Morgan fingerprint density at radius 2 is 1.93 bits per heavy atom. The molecule has 3 N–H and O–H groups in total. The molecule has 7 nitrogen and oxygen atoms in total. The van der Waals surface area contributed by atoms with E-state index in [1.807, 2.05) is 13.8 Å². The summed E-state index contributed by atoms with van der Waals surface area (Å²) in [5, 5.41) is 2.17. The number of likely N-dealkylation sites (N-methyl/N-ethyl adjacent to an activating group) is 1. The van der Waals surface area contributed by atoms with E-state index in [-0.39, 0.29) is 18.0 Å². The van der Waals surface area contributed by atoms with Gasteiger partial charge in [0.15, 0.2) is 5.78 Å². The molecule has 0 spiro atoms. The van der Waals surface area contributed by atoms with Crippen molar-refractivity contribution in [1.29, 1.82) is 0 Å². The number of nitrogens with zero attached hydrogens (tertiary/aromatic N) is 2. The van der Waals surface area contributed by atoms with E-state index in [0.29, 0.717) is 6.54 Å². The van der Waals surface area contributed by atoms with Crippen molar-refractivity contribution in [3.63, 3.8) is 0 Å². The number of urea groups is 1. The zero-order valence-corrected chi connectivity index (χ0v) is 16.4. The molecule has 3 atom stereocenters. The maximum atomic E-state index is 14.0. The molecule has 28 heavy (non-hydrogen) atoms. The second-order valence-electron chi connectivity index (χ2n) is 7.53. The molecule has 0 saturated carbocycles. The Morgan fingerprint density at radius 1 is 1.29 bits per heavy atom. The number of hydrogen-bond donors (Lipinski definition) is 2. The van der Waals surface area contributed by atoms with Gasteiger partial charge in [-0.1, -0.05) is 13.8 Å². The summed E-state index contributed by atoms with van der Waals surface area (Å²) in [7, 11) is 1.57. The predicted octanol–water partition coefficient (Wildman–Crippen LogP) is 1.64. The van der Waals surface area contributed by atoms with Gasteiger partial charge in [-0.05, 0) is 38.1 Å². The normalized spacial score (nSPS) is 21.2. The van der Waals surface area contributed by atoms with Crippen molar-refractivity contribution in [3.05, 3.63) is 35.4 Å². The van der Waals surface area contributed by atoms with Crippen LogP contribution in [-0.2, 0) is 9.59 Å². The molecule has 0 radical (unpaired) electrons. The lowest BCUT2D eigenvalue weighted by Crippen LogP contribution is -2.66. The number of amides is 3. The molecule has 0 aliphatic carbocycles. The monoisotopic (exact) mass is 396 g/mol. The molecule has 1 aliphatic heterocycles. The molecular weight excluding hydrogens is 370 g/mol. The molecule has 0 aromatic heterocycles. The van der Waals surface area contributed by atoms with Gasteiger partial charge in [0, 0.05) is 18.2 Å². The van der Waals surface area contributed by atoms with Crippen LogP contribution in [0.4, 0.5) is 13.6 Å². The number of halogens is 2. The Kier molecular flexibility index (Phi) is 6.84. The largest absolute Gasteiger partial charge is 0.325 e. The molecule has 3 amide bonds. The fourth-order valence-electron chi connectivity index (χ4n) is 3.21. The molecule has 1 aliphatic rings. The fraction of sp³-hybridized carbons (Fsp3) is 0.526. The standard InChI is InChI=1S/C19H26F2N4O3/c1-10(2)8-25-17(22)16(18(27)23-19(25)28)15(26)9-24(4)11(3)13-7-12(20)5-6-14(13)21/h5-7,10-11,16-17H,8-9,22H2,1-4H3,(H,23,27,28). The number of benzene rings is 1. The van der Waals surface area contributed by atoms with Gasteiger partial charge in [-0.15, -0.1) is 0 Å². The Morgan fingerprint density at radius 3 is 2.54 bits per heavy atom. The summed E-state index contributed by atoms with van der Waals surface area (Å²) in [6, 6.07) is 1.87. The third kappa shape index (κ3) is 4.71. The van der Waals surface area contributed by atoms with Crippen molar-refractivity contribution < 1.29 is 23.2 Å². The van der Waals surface area contributed by atoms with Crippen LogP contribution >= 0.6 is 0 Å². The highest BCUT2D eigenvalue weighted by molar-refractivity contribution is 6.10. The topological polar surface area (TPSA) is 95.7 Å². The summed E-state index contributed by atoms with van der Waals surface area (Å²) >= 11 is 0. The number of hydrogen-bond acceptors (Lipinski definition) is 5. The molecule has 1 aromatic rings. The number of ketones is 1. The maximum absolute atomic E-state index is 14.0. The van der Waals surface area contributed by atoms with E-state index in [2.05, 4.69) is 5.32 Å². The van der Waals surface area contributed by atoms with E-state index in [9.17, 15) is 23.2 Å². The van der Waals surface area contributed by atoms with E-state index < -0.39 is 47.5 Å². The molecule has 9 heteroatoms. The Bertz CT molecular complexity index is 772. The van der Waals surface area contributed by atoms with Crippen LogP contribution in [0.3, 0.4) is 0 Å². The minimum Gasteiger partial charge on any atom is -0.310 e. The smallest absolute Gasteiger partial charge is 0.310 e. The molecule has 2 rings (SSSR count). The van der Waals surface area contributed by atoms with E-state index in [1.54, 1.807) is 14.0 Å². The van der Waals surface area contributed by atoms with Crippen molar-refractivity contribution in [2.75, 3.05) is 20.1 Å². The van der Waals surface area contributed by atoms with Crippen molar-refractivity contribution >= 4 is 17.7 Å². The molecule has 1 heterocycles. The average Bonchev–Trinajstić information content (AvgIpc) is 2.59. The highest BCUT2D eigenvalue weighted by atomic mass is 19.1. The summed E-state index contributed by atoms with van der Waals surface area (Å²) in [6.07, 6.45) is -1.08. The number of nitrogens with one attached hydrogen (secondary N) is 1. The zero-order valence-electron chi connectivity index (χ0n) is 16.4. The molecule has 0 bridgehead atoms. The quantitative estimate of drug-likeness (QED) is 0.683. The van der Waals surface area contributed by atoms with Gasteiger partial charge in [0.2, 0.25) is 5.91 Å². The number of Topliss-reactive ketones (excluding diaryl/α,β-unsaturated/α-hetero) is 1. The molecule has 1 fully saturated rings. The van der Waals surface area contributed by atoms with Crippen LogP contribution in [0.5, 0.6) is 0 Å². The van der Waals surface area contributed by atoms with E-state index in [1.165, 1.54) is 9.80 Å². The van der Waals surface area contributed by atoms with Crippen molar-refractivity contribution in [3.8, 4) is 0 Å². The highest BCUT2D eigenvalue weighted by Crippen LogP contribution is 2.24. The number of carbonyl (C=O) groups excluding carboxylic acids is 3. The van der Waals surface area contributed by atoms with Crippen LogP contribution in [0.25, 0.3) is 0 Å². The molecular formula is C19H26F2N4O3. The number of nitrogens with two attached hydrogens (primary N) is 1. The summed E-state index contributed by atoms with van der Waals surface area (Å²) in [6.45, 7) is 5.48. The average molecular weight is 396 g/mol. The highest BCUT2D eigenvalue weighted by Gasteiger charge is 2.43. The first-order chi connectivity index (χ1) is 13.0. The maximum Gasteiger partial charge on any atom is 0.325 e. The lowest BCUT2D eigenvalue weighted by molar-refractivity contribution is -0.138. The van der Waals surface area contributed by atoms with Crippen LogP contribution in [0.2, 0.25) is 0 Å². The molecule has 154 valence electrons. The van der Waals surface area contributed by atoms with Crippen LogP contribution in [0.1, 0.15) is 32.4 Å². The Balaban J connectivity index is 2.14. The van der Waals surface area contributed by atoms with Gasteiger partial charge in [0.25, 0.3) is 0 Å². The van der Waals surface area contributed by atoms with Crippen LogP contribution in [-0.4, -0.2) is 53.8 Å². The van der Waals surface area contributed by atoms with Gasteiger partial charge in [0.1, 0.15) is 23.7 Å². The Hall–Kier alpha value is -2.39. The van der Waals surface area contributed by atoms with Gasteiger partial charge < -0.3 is 10.6 Å². The molecule has 1 saturated heterocycles. The molecule has 1 aromatic carbocycles. The third-order valence-electron chi connectivity index (χ3n) is 4.86. The summed E-state index contributed by atoms with van der Waals surface area (Å²) in [4.78, 5) is 39.8. The lowest BCUT2D eigenvalue weighted by atomic mass is 9.95. The summed E-state index contributed by atoms with van der Waals surface area (Å²) in [5.41, 5.74) is 6.16. The van der Waals surface area contributed by atoms with Gasteiger partial charge in [-0.25, -0.2) is 13.6 Å². The minimum atomic E-state index is -1.23. The number of imide groups is 1. The fourth-order valence-corrected chi connectivity index (χ4v) is 3.21. The van der Waals surface area contributed by atoms with Crippen molar-refractivity contribution in [2.45, 2.75) is 33.0 Å². The first-order valence-corrected chi connectivity index (χ1v) is 9.07. The summed E-state index contributed by atoms with van der Waals surface area (Å²) < 4.78 is 27.5. The van der Waals surface area contributed by atoms with Crippen LogP contribution < -0.4 is 11.1 Å².